The van der Waals surface area contributed by atoms with Gasteiger partial charge in [-0.25, -0.2) is 4.79 Å². The van der Waals surface area contributed by atoms with E-state index in [0.717, 1.165) is 50.5 Å². The third-order valence-corrected chi connectivity index (χ3v) is 9.31. The molecule has 3 aliphatic rings. The van der Waals surface area contributed by atoms with E-state index < -0.39 is 59.2 Å². The minimum atomic E-state index is -1.11. The molecule has 4 N–H and O–H groups in total. The Morgan fingerprint density at radius 1 is 0.898 bits per heavy atom. The molecule has 268 valence electrons. The van der Waals surface area contributed by atoms with Gasteiger partial charge in [-0.3, -0.25) is 24.0 Å². The molecule has 3 atom stereocenters. The summed E-state index contributed by atoms with van der Waals surface area (Å²) in [5, 5.41) is 10.9. The van der Waals surface area contributed by atoms with E-state index in [1.54, 1.807) is 32.9 Å². The number of amides is 5. The summed E-state index contributed by atoms with van der Waals surface area (Å²) in [5.74, 6) is -2.83. The molecular formula is C37H53N5O7. The molecule has 1 heterocycles. The lowest BCUT2D eigenvalue weighted by Gasteiger charge is -2.32. The van der Waals surface area contributed by atoms with Gasteiger partial charge in [0.25, 0.3) is 5.91 Å². The first-order chi connectivity index (χ1) is 23.4. The minimum absolute atomic E-state index is 0.143. The zero-order valence-corrected chi connectivity index (χ0v) is 29.1. The largest absolute Gasteiger partial charge is 0.444 e. The molecule has 2 aliphatic carbocycles. The van der Waals surface area contributed by atoms with Gasteiger partial charge >= 0.3 is 6.09 Å². The molecule has 0 aromatic heterocycles. The number of carbonyl (C=O) groups is 6. The highest BCUT2D eigenvalue weighted by Crippen LogP contribution is 2.31. The van der Waals surface area contributed by atoms with Crippen LogP contribution in [0, 0.1) is 11.8 Å². The number of hydrogen-bond donors (Lipinski definition) is 4. The van der Waals surface area contributed by atoms with Gasteiger partial charge in [0.2, 0.25) is 23.5 Å². The average molecular weight is 680 g/mol. The van der Waals surface area contributed by atoms with Crippen molar-refractivity contribution >= 4 is 35.5 Å². The number of alkyl carbamates (subject to hydrolysis) is 1. The molecule has 1 aliphatic heterocycles. The molecule has 49 heavy (non-hydrogen) atoms. The number of Topliss-reactive ketones (excluding diaryl/α,β-unsaturated/α-hetero) is 1. The summed E-state index contributed by atoms with van der Waals surface area (Å²) in [6.07, 6.45) is 10.6. The number of nitrogens with one attached hydrogen (secondary N) is 4. The highest BCUT2D eigenvalue weighted by molar-refractivity contribution is 6.38. The number of ketones is 1. The molecule has 2 fully saturated rings. The maximum absolute atomic E-state index is 14.1. The van der Waals surface area contributed by atoms with Gasteiger partial charge in [0.15, 0.2) is 0 Å². The quantitative estimate of drug-likeness (QED) is 0.254. The van der Waals surface area contributed by atoms with Gasteiger partial charge in [0.1, 0.15) is 17.7 Å². The van der Waals surface area contributed by atoms with Crippen molar-refractivity contribution in [1.82, 2.24) is 26.2 Å². The lowest BCUT2D eigenvalue weighted by atomic mass is 9.80. The lowest BCUT2D eigenvalue weighted by Crippen LogP contribution is -2.56. The number of carbonyl (C=O) groups excluding carboxylic acids is 6. The number of ether oxygens (including phenoxy) is 1. The van der Waals surface area contributed by atoms with E-state index in [0.29, 0.717) is 13.0 Å². The van der Waals surface area contributed by atoms with Gasteiger partial charge < -0.3 is 30.9 Å². The minimum Gasteiger partial charge on any atom is -0.444 e. The molecule has 12 heteroatoms. The van der Waals surface area contributed by atoms with Crippen LogP contribution in [0.1, 0.15) is 90.5 Å². The van der Waals surface area contributed by atoms with Gasteiger partial charge in [-0.05, 0) is 70.3 Å². The van der Waals surface area contributed by atoms with Gasteiger partial charge in [0, 0.05) is 19.5 Å². The van der Waals surface area contributed by atoms with Crippen molar-refractivity contribution in [3.8, 4) is 0 Å². The fourth-order valence-corrected chi connectivity index (χ4v) is 6.53. The lowest BCUT2D eigenvalue weighted by molar-refractivity contribution is -0.142. The summed E-state index contributed by atoms with van der Waals surface area (Å²) in [4.78, 5) is 82.4. The second-order valence-electron chi connectivity index (χ2n) is 14.6. The average Bonchev–Trinajstić information content (AvgIpc) is 3.54. The number of nitrogens with zero attached hydrogens (tertiary/aromatic N) is 1. The van der Waals surface area contributed by atoms with Crippen molar-refractivity contribution in [3.63, 3.8) is 0 Å². The van der Waals surface area contributed by atoms with Crippen LogP contribution < -0.4 is 21.3 Å². The summed E-state index contributed by atoms with van der Waals surface area (Å²) in [6.45, 7) is 5.44. The van der Waals surface area contributed by atoms with Crippen molar-refractivity contribution < 1.29 is 33.5 Å². The summed E-state index contributed by atoms with van der Waals surface area (Å²) in [7, 11) is 0. The topological polar surface area (TPSA) is 163 Å². The number of hydrogen-bond acceptors (Lipinski definition) is 7. The smallest absolute Gasteiger partial charge is 0.408 e. The predicted molar refractivity (Wildman–Crippen MR) is 184 cm³/mol. The molecular weight excluding hydrogens is 626 g/mol. The third kappa shape index (κ3) is 12.3. The molecule has 2 saturated carbocycles. The normalized spacial score (nSPS) is 24.9. The number of rotatable bonds is 7. The zero-order chi connectivity index (χ0) is 35.4. The highest BCUT2D eigenvalue weighted by Gasteiger charge is 2.36. The van der Waals surface area contributed by atoms with Crippen LogP contribution in [0.5, 0.6) is 0 Å². The van der Waals surface area contributed by atoms with E-state index in [2.05, 4.69) is 21.3 Å². The first kappa shape index (κ1) is 37.6. The maximum Gasteiger partial charge on any atom is 0.408 e. The molecule has 5 amide bonds. The highest BCUT2D eigenvalue weighted by atomic mass is 16.6. The second-order valence-corrected chi connectivity index (χ2v) is 14.6. The standard InChI is InChI=1S/C37H53N5O7/c1-37(2,3)49-36(48)41-28-19-8-5-11-20-38-33(45)30(22-25-13-6-4-7-14-25)40-34(46)32(44)29(21-26-17-12-18-26)39-31(43)24-42(35(28)47)23-27-15-9-10-16-27/h4-8,13-14,26-30H,9-12,15-24H2,1-3H3,(H,38,45)(H,39,43)(H,40,46)(H,41,48)/b8-5-/t28?,29-,30+/m0/s1. The van der Waals surface area contributed by atoms with Crippen molar-refractivity contribution in [3.05, 3.63) is 48.0 Å². The molecule has 1 aromatic carbocycles. The summed E-state index contributed by atoms with van der Waals surface area (Å²) in [6, 6.07) is 6.07. The monoisotopic (exact) mass is 679 g/mol. The fourth-order valence-electron chi connectivity index (χ4n) is 6.53. The van der Waals surface area contributed by atoms with Gasteiger partial charge in [-0.1, -0.05) is 74.6 Å². The van der Waals surface area contributed by atoms with Gasteiger partial charge in [-0.15, -0.1) is 0 Å². The molecule has 4 rings (SSSR count). The third-order valence-electron chi connectivity index (χ3n) is 9.31. The van der Waals surface area contributed by atoms with E-state index >= 15 is 0 Å². The van der Waals surface area contributed by atoms with Crippen LogP contribution in [0.15, 0.2) is 42.5 Å². The Bertz CT molecular complexity index is 1350. The summed E-state index contributed by atoms with van der Waals surface area (Å²) >= 11 is 0. The Balaban J connectivity index is 1.61. The Morgan fingerprint density at radius 2 is 1.59 bits per heavy atom. The predicted octanol–water partition coefficient (Wildman–Crippen LogP) is 3.34. The summed E-state index contributed by atoms with van der Waals surface area (Å²) in [5.41, 5.74) is 0.0274. The van der Waals surface area contributed by atoms with E-state index in [9.17, 15) is 28.8 Å². The van der Waals surface area contributed by atoms with Crippen LogP contribution in [0.3, 0.4) is 0 Å². The van der Waals surface area contributed by atoms with Crippen LogP contribution in [-0.4, -0.2) is 83.8 Å². The first-order valence-electron chi connectivity index (χ1n) is 17.8. The van der Waals surface area contributed by atoms with Crippen LogP contribution in [0.2, 0.25) is 0 Å². The number of benzene rings is 1. The van der Waals surface area contributed by atoms with Crippen LogP contribution in [0.25, 0.3) is 0 Å². The van der Waals surface area contributed by atoms with E-state index in [-0.39, 0.29) is 44.2 Å². The zero-order valence-electron chi connectivity index (χ0n) is 29.1. The molecule has 1 aromatic rings. The van der Waals surface area contributed by atoms with Crippen molar-refractivity contribution in [2.75, 3.05) is 19.6 Å². The Morgan fingerprint density at radius 3 is 2.24 bits per heavy atom. The molecule has 12 nitrogen and oxygen atoms in total. The SMILES string of the molecule is CC(C)(C)OC(=O)NC1C/C=C\CCNC(=O)[C@@H](Cc2ccccc2)NC(=O)C(=O)[C@H](CC2CCC2)NC(=O)CN(CC2CCCC2)C1=O. The van der Waals surface area contributed by atoms with E-state index in [1.165, 1.54) is 4.90 Å². The fraction of sp³-hybridized carbons (Fsp3) is 0.622. The van der Waals surface area contributed by atoms with Gasteiger partial charge in [-0.2, -0.15) is 0 Å². The van der Waals surface area contributed by atoms with Crippen LogP contribution in [-0.2, 0) is 35.1 Å². The van der Waals surface area contributed by atoms with Gasteiger partial charge in [0.05, 0.1) is 12.6 Å². The molecule has 0 radical (unpaired) electrons. The Hall–Kier alpha value is -4.22. The first-order valence-corrected chi connectivity index (χ1v) is 17.8. The maximum atomic E-state index is 14.1. The van der Waals surface area contributed by atoms with E-state index in [4.69, 9.17) is 4.74 Å². The van der Waals surface area contributed by atoms with Crippen LogP contribution >= 0.6 is 0 Å². The van der Waals surface area contributed by atoms with Crippen molar-refractivity contribution in [1.29, 1.82) is 0 Å². The summed E-state index contributed by atoms with van der Waals surface area (Å²) < 4.78 is 5.45. The molecule has 0 bridgehead atoms. The molecule has 1 unspecified atom stereocenters. The molecule has 0 spiro atoms. The molecule has 0 saturated heterocycles. The van der Waals surface area contributed by atoms with Crippen molar-refractivity contribution in [2.45, 2.75) is 115 Å². The van der Waals surface area contributed by atoms with E-state index in [1.807, 2.05) is 30.3 Å². The van der Waals surface area contributed by atoms with Crippen molar-refractivity contribution in [2.24, 2.45) is 11.8 Å². The van der Waals surface area contributed by atoms with Crippen LogP contribution in [0.4, 0.5) is 4.79 Å². The Labute approximate surface area is 289 Å². The Kier molecular flexibility index (Phi) is 13.8. The second kappa shape index (κ2) is 18.0.